The largest absolute Gasteiger partial charge is 0.496 e. The van der Waals surface area contributed by atoms with Crippen molar-refractivity contribution in [2.75, 3.05) is 7.11 Å². The Morgan fingerprint density at radius 3 is 2.61 bits per heavy atom. The zero-order chi connectivity index (χ0) is 17.2. The topological polar surface area (TPSA) is 87.3 Å². The van der Waals surface area contributed by atoms with E-state index in [2.05, 4.69) is 5.10 Å². The minimum Gasteiger partial charge on any atom is -0.496 e. The van der Waals surface area contributed by atoms with Gasteiger partial charge in [0.2, 0.25) is 5.69 Å². The van der Waals surface area contributed by atoms with Crippen LogP contribution in [0.5, 0.6) is 5.75 Å². The molecular formula is C13H10F3N3O4. The molecule has 0 spiro atoms. The maximum atomic E-state index is 12.8. The van der Waals surface area contributed by atoms with Crippen LogP contribution in [-0.2, 0) is 12.7 Å². The molecule has 1 aromatic heterocycles. The summed E-state index contributed by atoms with van der Waals surface area (Å²) < 4.78 is 44.1. The van der Waals surface area contributed by atoms with Gasteiger partial charge >= 0.3 is 11.9 Å². The SMILES string of the molecule is COc1cc(C=O)ccc1Cn1cc([N+](=O)[O-])c(C(F)(F)F)n1. The van der Waals surface area contributed by atoms with Gasteiger partial charge in [0.05, 0.1) is 18.6 Å². The Labute approximate surface area is 127 Å². The van der Waals surface area contributed by atoms with Crippen LogP contribution in [0.1, 0.15) is 21.6 Å². The summed E-state index contributed by atoms with van der Waals surface area (Å²) in [6.45, 7) is -0.181. The van der Waals surface area contributed by atoms with E-state index in [1.807, 2.05) is 0 Å². The summed E-state index contributed by atoms with van der Waals surface area (Å²) in [5, 5.41) is 14.0. The maximum absolute atomic E-state index is 12.8. The Balaban J connectivity index is 2.41. The predicted octanol–water partition coefficient (Wildman–Crippen LogP) is 2.68. The van der Waals surface area contributed by atoms with Crippen molar-refractivity contribution < 1.29 is 27.6 Å². The number of hydrogen-bond donors (Lipinski definition) is 0. The van der Waals surface area contributed by atoms with Crippen molar-refractivity contribution in [3.63, 3.8) is 0 Å². The monoisotopic (exact) mass is 329 g/mol. The van der Waals surface area contributed by atoms with E-state index in [-0.39, 0.29) is 12.3 Å². The lowest BCUT2D eigenvalue weighted by molar-refractivity contribution is -0.388. The number of aromatic nitrogens is 2. The lowest BCUT2D eigenvalue weighted by Crippen LogP contribution is -2.10. The summed E-state index contributed by atoms with van der Waals surface area (Å²) in [7, 11) is 1.33. The Morgan fingerprint density at radius 2 is 2.13 bits per heavy atom. The second-order valence-electron chi connectivity index (χ2n) is 4.50. The fourth-order valence-electron chi connectivity index (χ4n) is 1.97. The molecule has 0 saturated heterocycles. The quantitative estimate of drug-likeness (QED) is 0.478. The Kier molecular flexibility index (Phi) is 4.34. The summed E-state index contributed by atoms with van der Waals surface area (Å²) in [4.78, 5) is 20.3. The molecule has 1 heterocycles. The molecule has 0 aliphatic rings. The van der Waals surface area contributed by atoms with Crippen molar-refractivity contribution in [3.05, 3.63) is 51.3 Å². The highest BCUT2D eigenvalue weighted by Gasteiger charge is 2.42. The fraction of sp³-hybridized carbons (Fsp3) is 0.231. The first kappa shape index (κ1) is 16.5. The van der Waals surface area contributed by atoms with Crippen LogP contribution in [0.25, 0.3) is 0 Å². The lowest BCUT2D eigenvalue weighted by Gasteiger charge is -2.09. The number of halogens is 3. The van der Waals surface area contributed by atoms with Crippen LogP contribution in [0.2, 0.25) is 0 Å². The van der Waals surface area contributed by atoms with Crippen molar-refractivity contribution in [1.82, 2.24) is 9.78 Å². The number of alkyl halides is 3. The molecule has 23 heavy (non-hydrogen) atoms. The van der Waals surface area contributed by atoms with E-state index < -0.39 is 22.5 Å². The van der Waals surface area contributed by atoms with Crippen LogP contribution >= 0.6 is 0 Å². The molecule has 0 N–H and O–H groups in total. The van der Waals surface area contributed by atoms with Gasteiger partial charge < -0.3 is 4.74 Å². The average molecular weight is 329 g/mol. The van der Waals surface area contributed by atoms with Gasteiger partial charge in [-0.3, -0.25) is 19.6 Å². The Bertz CT molecular complexity index is 755. The molecule has 0 unspecified atom stereocenters. The number of nitrogens with zero attached hydrogens (tertiary/aromatic N) is 3. The van der Waals surface area contributed by atoms with Crippen molar-refractivity contribution in [1.29, 1.82) is 0 Å². The number of carbonyl (C=O) groups excluding carboxylic acids is 1. The normalized spacial score (nSPS) is 11.3. The van der Waals surface area contributed by atoms with Gasteiger partial charge in [-0.2, -0.15) is 18.3 Å². The minimum absolute atomic E-state index is 0.181. The highest BCUT2D eigenvalue weighted by Crippen LogP contribution is 2.35. The van der Waals surface area contributed by atoms with Gasteiger partial charge in [-0.05, 0) is 6.07 Å². The van der Waals surface area contributed by atoms with Crippen LogP contribution in [0.4, 0.5) is 18.9 Å². The Morgan fingerprint density at radius 1 is 1.43 bits per heavy atom. The third-order valence-electron chi connectivity index (χ3n) is 2.99. The van der Waals surface area contributed by atoms with Crippen LogP contribution < -0.4 is 4.74 Å². The predicted molar refractivity (Wildman–Crippen MR) is 71.4 cm³/mol. The van der Waals surface area contributed by atoms with E-state index in [0.29, 0.717) is 23.6 Å². The molecule has 0 amide bonds. The Hall–Kier alpha value is -2.91. The van der Waals surface area contributed by atoms with Crippen molar-refractivity contribution >= 4 is 12.0 Å². The zero-order valence-electron chi connectivity index (χ0n) is 11.7. The van der Waals surface area contributed by atoms with Gasteiger partial charge in [0.25, 0.3) is 0 Å². The summed E-state index contributed by atoms with van der Waals surface area (Å²) >= 11 is 0. The fourth-order valence-corrected chi connectivity index (χ4v) is 1.97. The number of aldehydes is 1. The van der Waals surface area contributed by atoms with Gasteiger partial charge in [0.1, 0.15) is 18.2 Å². The first-order chi connectivity index (χ1) is 10.8. The van der Waals surface area contributed by atoms with E-state index in [0.717, 1.165) is 4.68 Å². The van der Waals surface area contributed by atoms with Gasteiger partial charge in [-0.25, -0.2) is 0 Å². The van der Waals surface area contributed by atoms with Gasteiger partial charge in [0.15, 0.2) is 0 Å². The van der Waals surface area contributed by atoms with Gasteiger partial charge in [0, 0.05) is 11.1 Å². The molecule has 2 rings (SSSR count). The number of hydrogen-bond acceptors (Lipinski definition) is 5. The molecule has 0 aliphatic carbocycles. The highest BCUT2D eigenvalue weighted by atomic mass is 19.4. The average Bonchev–Trinajstić information content (AvgIpc) is 2.92. The van der Waals surface area contributed by atoms with E-state index >= 15 is 0 Å². The molecule has 1 aromatic carbocycles. The molecule has 0 aliphatic heterocycles. The smallest absolute Gasteiger partial charge is 0.442 e. The van der Waals surface area contributed by atoms with E-state index in [1.165, 1.54) is 25.3 Å². The van der Waals surface area contributed by atoms with Crippen LogP contribution in [0.15, 0.2) is 24.4 Å². The molecule has 0 saturated carbocycles. The number of nitro groups is 1. The lowest BCUT2D eigenvalue weighted by atomic mass is 10.1. The molecule has 122 valence electrons. The third-order valence-corrected chi connectivity index (χ3v) is 2.99. The second-order valence-corrected chi connectivity index (χ2v) is 4.50. The maximum Gasteiger partial charge on any atom is 0.442 e. The molecule has 10 heteroatoms. The number of ether oxygens (including phenoxy) is 1. The summed E-state index contributed by atoms with van der Waals surface area (Å²) in [6.07, 6.45) is -3.64. The molecule has 0 fully saturated rings. The molecule has 0 radical (unpaired) electrons. The van der Waals surface area contributed by atoms with E-state index in [9.17, 15) is 28.1 Å². The molecular weight excluding hydrogens is 319 g/mol. The first-order valence-electron chi connectivity index (χ1n) is 6.17. The number of rotatable bonds is 5. The molecule has 0 atom stereocenters. The highest BCUT2D eigenvalue weighted by molar-refractivity contribution is 5.75. The van der Waals surface area contributed by atoms with E-state index in [1.54, 1.807) is 0 Å². The van der Waals surface area contributed by atoms with Crippen molar-refractivity contribution in [2.24, 2.45) is 0 Å². The first-order valence-corrected chi connectivity index (χ1v) is 6.17. The number of benzene rings is 1. The van der Waals surface area contributed by atoms with E-state index in [4.69, 9.17) is 4.74 Å². The molecule has 7 nitrogen and oxygen atoms in total. The van der Waals surface area contributed by atoms with Crippen molar-refractivity contribution in [2.45, 2.75) is 12.7 Å². The minimum atomic E-state index is -4.93. The molecule has 2 aromatic rings. The number of methoxy groups -OCH3 is 1. The van der Waals surface area contributed by atoms with Crippen LogP contribution in [0.3, 0.4) is 0 Å². The third kappa shape index (κ3) is 3.47. The number of carbonyl (C=O) groups is 1. The zero-order valence-corrected chi connectivity index (χ0v) is 11.7. The van der Waals surface area contributed by atoms with Crippen LogP contribution in [-0.4, -0.2) is 28.1 Å². The van der Waals surface area contributed by atoms with Crippen molar-refractivity contribution in [3.8, 4) is 5.75 Å². The summed E-state index contributed by atoms with van der Waals surface area (Å²) in [5.74, 6) is 0.265. The second kappa shape index (κ2) is 6.07. The summed E-state index contributed by atoms with van der Waals surface area (Å²) in [5.41, 5.74) is -1.94. The van der Waals surface area contributed by atoms with Gasteiger partial charge in [-0.1, -0.05) is 12.1 Å². The molecule has 0 bridgehead atoms. The van der Waals surface area contributed by atoms with Crippen LogP contribution in [0, 0.1) is 10.1 Å². The standard InChI is InChI=1S/C13H10F3N3O4/c1-23-11-4-8(7-20)2-3-9(11)5-18-6-10(19(21)22)12(17-18)13(14,15)16/h2-4,6-7H,5H2,1H3. The van der Waals surface area contributed by atoms with Gasteiger partial charge in [-0.15, -0.1) is 0 Å². The summed E-state index contributed by atoms with van der Waals surface area (Å²) in [6, 6.07) is 4.34.